The van der Waals surface area contributed by atoms with Gasteiger partial charge in [-0.15, -0.1) is 3.89 Å². The molecule has 0 radical (unpaired) electrons. The van der Waals surface area contributed by atoms with Gasteiger partial charge >= 0.3 is 10.2 Å². The molecule has 1 aromatic carbocycles. The van der Waals surface area contributed by atoms with E-state index in [1.807, 2.05) is 0 Å². The number of halogens is 1. The van der Waals surface area contributed by atoms with E-state index in [4.69, 9.17) is 4.74 Å². The molecule has 0 bridgehead atoms. The number of hydrogen-bond donors (Lipinski definition) is 1. The van der Waals surface area contributed by atoms with E-state index in [1.165, 1.54) is 12.1 Å². The van der Waals surface area contributed by atoms with Crippen LogP contribution in [-0.2, 0) is 25.0 Å². The van der Waals surface area contributed by atoms with Gasteiger partial charge in [0.2, 0.25) is 10.0 Å². The van der Waals surface area contributed by atoms with E-state index in [0.717, 1.165) is 25.0 Å². The molecule has 0 saturated carbocycles. The Balaban J connectivity index is 2.12. The van der Waals surface area contributed by atoms with Crippen molar-refractivity contribution in [2.24, 2.45) is 5.92 Å². The SMILES string of the molecule is O=S(=O)(F)c1cccc(S(=O)(=O)NCC2CCOCC2)c1. The lowest BCUT2D eigenvalue weighted by molar-refractivity contribution is 0.0678. The van der Waals surface area contributed by atoms with Crippen LogP contribution in [0.15, 0.2) is 34.1 Å². The predicted molar refractivity (Wildman–Crippen MR) is 73.5 cm³/mol. The Kier molecular flexibility index (Phi) is 4.97. The fourth-order valence-corrected chi connectivity index (χ4v) is 3.80. The summed E-state index contributed by atoms with van der Waals surface area (Å²) in [5.74, 6) is 0.182. The van der Waals surface area contributed by atoms with Crippen LogP contribution in [0.5, 0.6) is 0 Å². The zero-order valence-corrected chi connectivity index (χ0v) is 12.8. The quantitative estimate of drug-likeness (QED) is 0.811. The van der Waals surface area contributed by atoms with Gasteiger partial charge in [0, 0.05) is 19.8 Å². The molecule has 0 spiro atoms. The molecule has 1 saturated heterocycles. The van der Waals surface area contributed by atoms with E-state index in [1.54, 1.807) is 0 Å². The van der Waals surface area contributed by atoms with Crippen molar-refractivity contribution in [3.8, 4) is 0 Å². The zero-order valence-electron chi connectivity index (χ0n) is 11.2. The monoisotopic (exact) mass is 337 g/mol. The number of sulfonamides is 1. The van der Waals surface area contributed by atoms with Crippen LogP contribution in [0.1, 0.15) is 12.8 Å². The second-order valence-electron chi connectivity index (χ2n) is 4.82. The van der Waals surface area contributed by atoms with Crippen molar-refractivity contribution in [2.75, 3.05) is 19.8 Å². The van der Waals surface area contributed by atoms with Gasteiger partial charge in [-0.3, -0.25) is 0 Å². The topological polar surface area (TPSA) is 89.5 Å². The highest BCUT2D eigenvalue weighted by Crippen LogP contribution is 2.19. The van der Waals surface area contributed by atoms with Crippen LogP contribution in [0.25, 0.3) is 0 Å². The summed E-state index contributed by atoms with van der Waals surface area (Å²) in [6.45, 7) is 1.45. The summed E-state index contributed by atoms with van der Waals surface area (Å²) in [5.41, 5.74) is 0. The number of hydrogen-bond acceptors (Lipinski definition) is 5. The highest BCUT2D eigenvalue weighted by Gasteiger charge is 2.21. The third-order valence-electron chi connectivity index (χ3n) is 3.30. The average Bonchev–Trinajstić information content (AvgIpc) is 2.46. The maximum absolute atomic E-state index is 12.9. The minimum Gasteiger partial charge on any atom is -0.381 e. The van der Waals surface area contributed by atoms with Crippen molar-refractivity contribution in [3.05, 3.63) is 24.3 Å². The van der Waals surface area contributed by atoms with Crippen LogP contribution in [0.2, 0.25) is 0 Å². The van der Waals surface area contributed by atoms with E-state index in [2.05, 4.69) is 4.72 Å². The summed E-state index contributed by atoms with van der Waals surface area (Å²) in [6, 6.07) is 4.23. The second-order valence-corrected chi connectivity index (χ2v) is 7.93. The maximum atomic E-state index is 12.9. The highest BCUT2D eigenvalue weighted by molar-refractivity contribution is 7.89. The second kappa shape index (κ2) is 6.39. The van der Waals surface area contributed by atoms with E-state index in [0.29, 0.717) is 13.2 Å². The Labute approximate surface area is 123 Å². The largest absolute Gasteiger partial charge is 0.381 e. The van der Waals surface area contributed by atoms with Crippen LogP contribution < -0.4 is 4.72 Å². The van der Waals surface area contributed by atoms with Gasteiger partial charge in [0.05, 0.1) is 9.79 Å². The summed E-state index contributed by atoms with van der Waals surface area (Å²) >= 11 is 0. The Hall–Kier alpha value is -1.03. The summed E-state index contributed by atoms with van der Waals surface area (Å²) in [7, 11) is -8.79. The van der Waals surface area contributed by atoms with E-state index >= 15 is 0 Å². The Morgan fingerprint density at radius 2 is 1.76 bits per heavy atom. The third-order valence-corrected chi connectivity index (χ3v) is 5.54. The van der Waals surface area contributed by atoms with E-state index in [-0.39, 0.29) is 17.4 Å². The molecule has 118 valence electrons. The molecule has 1 N–H and O–H groups in total. The molecular weight excluding hydrogens is 321 g/mol. The molecule has 1 aliphatic rings. The smallest absolute Gasteiger partial charge is 0.332 e. The highest BCUT2D eigenvalue weighted by atomic mass is 32.3. The van der Waals surface area contributed by atoms with Crippen molar-refractivity contribution in [1.82, 2.24) is 4.72 Å². The van der Waals surface area contributed by atoms with Gasteiger partial charge < -0.3 is 4.74 Å². The lowest BCUT2D eigenvalue weighted by atomic mass is 10.0. The van der Waals surface area contributed by atoms with Crippen LogP contribution in [-0.4, -0.2) is 36.6 Å². The lowest BCUT2D eigenvalue weighted by Crippen LogP contribution is -2.32. The molecule has 0 amide bonds. The molecular formula is C12H16FNO5S2. The molecule has 9 heteroatoms. The van der Waals surface area contributed by atoms with Gasteiger partial charge in [0.1, 0.15) is 0 Å². The lowest BCUT2D eigenvalue weighted by Gasteiger charge is -2.22. The molecule has 1 aliphatic heterocycles. The van der Waals surface area contributed by atoms with Crippen molar-refractivity contribution >= 4 is 20.2 Å². The van der Waals surface area contributed by atoms with Gasteiger partial charge in [-0.25, -0.2) is 13.1 Å². The van der Waals surface area contributed by atoms with Crippen LogP contribution in [0, 0.1) is 5.92 Å². The molecule has 2 rings (SSSR count). The number of nitrogens with one attached hydrogen (secondary N) is 1. The normalized spacial score (nSPS) is 17.8. The van der Waals surface area contributed by atoms with E-state index < -0.39 is 25.1 Å². The molecule has 6 nitrogen and oxygen atoms in total. The molecule has 0 aliphatic carbocycles. The molecule has 0 unspecified atom stereocenters. The molecule has 21 heavy (non-hydrogen) atoms. The van der Waals surface area contributed by atoms with Gasteiger partial charge in [0.15, 0.2) is 0 Å². The number of ether oxygens (including phenoxy) is 1. The Bertz CT molecular complexity index is 696. The first-order chi connectivity index (χ1) is 9.79. The molecule has 0 atom stereocenters. The van der Waals surface area contributed by atoms with Crippen molar-refractivity contribution in [1.29, 1.82) is 0 Å². The average molecular weight is 337 g/mol. The third kappa shape index (κ3) is 4.47. The minimum absolute atomic E-state index is 0.182. The summed E-state index contributed by atoms with van der Waals surface area (Å²) in [5, 5.41) is 0. The van der Waals surface area contributed by atoms with E-state index in [9.17, 15) is 20.7 Å². The van der Waals surface area contributed by atoms with Crippen molar-refractivity contribution in [2.45, 2.75) is 22.6 Å². The first kappa shape index (κ1) is 16.3. The van der Waals surface area contributed by atoms with Gasteiger partial charge in [-0.2, -0.15) is 8.42 Å². The van der Waals surface area contributed by atoms with Crippen molar-refractivity contribution in [3.63, 3.8) is 0 Å². The van der Waals surface area contributed by atoms with Gasteiger partial charge in [-0.1, -0.05) is 6.07 Å². The summed E-state index contributed by atoms with van der Waals surface area (Å²) < 4.78 is 66.3. The minimum atomic E-state index is -4.93. The van der Waals surface area contributed by atoms with Crippen LogP contribution in [0.4, 0.5) is 3.89 Å². The Morgan fingerprint density at radius 1 is 1.14 bits per heavy atom. The van der Waals surface area contributed by atoms with Crippen molar-refractivity contribution < 1.29 is 25.5 Å². The molecule has 1 fully saturated rings. The van der Waals surface area contributed by atoms with Crippen LogP contribution >= 0.6 is 0 Å². The molecule has 1 aromatic rings. The fourth-order valence-electron chi connectivity index (χ4n) is 2.05. The van der Waals surface area contributed by atoms with Gasteiger partial charge in [0.25, 0.3) is 0 Å². The summed E-state index contributed by atoms with van der Waals surface area (Å²) in [4.78, 5) is -0.940. The number of benzene rings is 1. The Morgan fingerprint density at radius 3 is 2.38 bits per heavy atom. The van der Waals surface area contributed by atoms with Crippen LogP contribution in [0.3, 0.4) is 0 Å². The number of rotatable bonds is 5. The zero-order chi connectivity index (χ0) is 15.5. The standard InChI is InChI=1S/C12H16FNO5S2/c13-20(15,16)11-2-1-3-12(8-11)21(17,18)14-9-10-4-6-19-7-5-10/h1-3,8,10,14H,4-7,9H2. The molecule has 1 heterocycles. The summed E-state index contributed by atoms with van der Waals surface area (Å²) in [6.07, 6.45) is 1.53. The van der Waals surface area contributed by atoms with Gasteiger partial charge in [-0.05, 0) is 37.0 Å². The first-order valence-electron chi connectivity index (χ1n) is 6.41. The predicted octanol–water partition coefficient (Wildman–Crippen LogP) is 1.05. The maximum Gasteiger partial charge on any atom is 0.332 e. The fraction of sp³-hybridized carbons (Fsp3) is 0.500. The molecule has 0 aromatic heterocycles. The first-order valence-corrected chi connectivity index (χ1v) is 9.28.